The second-order valence-electron chi connectivity index (χ2n) is 20.7. The van der Waals surface area contributed by atoms with Crippen molar-refractivity contribution >= 4 is 17.1 Å². The van der Waals surface area contributed by atoms with Crippen molar-refractivity contribution in [2.45, 2.75) is 30.1 Å². The van der Waals surface area contributed by atoms with E-state index in [4.69, 9.17) is 0 Å². The van der Waals surface area contributed by atoms with Gasteiger partial charge in [0.25, 0.3) is 0 Å². The molecule has 11 aromatic carbocycles. The largest absolute Gasteiger partial charge is 0.310 e. The van der Waals surface area contributed by atoms with Crippen LogP contribution in [0.4, 0.5) is 17.1 Å². The van der Waals surface area contributed by atoms with Crippen molar-refractivity contribution < 1.29 is 0 Å². The standard InChI is InChI=1S/C71H49N/c1-69(2)59-29-14-9-24-52(59)56-43-41-51(45-65(56)69)72(67-35-19-34-64-68(67)58-28-13-18-33-63(58)71(64)61-31-16-11-25-53(61)54-26-12-17-32-62(54)71)50-39-36-46(37-40-50)47-38-42-57-55-27-10-15-30-60(55)70(66(57)44-47,48-20-5-3-6-21-48)49-22-7-4-8-23-49/h3-45H,1-2H3. The molecule has 1 nitrogen and oxygen atoms in total. The van der Waals surface area contributed by atoms with Gasteiger partial charge in [-0.25, -0.2) is 0 Å². The van der Waals surface area contributed by atoms with Gasteiger partial charge in [0, 0.05) is 22.4 Å². The van der Waals surface area contributed by atoms with Gasteiger partial charge in [-0.3, -0.25) is 0 Å². The Kier molecular flexibility index (Phi) is 8.62. The van der Waals surface area contributed by atoms with E-state index in [-0.39, 0.29) is 5.41 Å². The van der Waals surface area contributed by atoms with Crippen molar-refractivity contribution in [2.24, 2.45) is 0 Å². The highest BCUT2D eigenvalue weighted by atomic mass is 15.1. The van der Waals surface area contributed by atoms with Crippen LogP contribution >= 0.6 is 0 Å². The molecule has 72 heavy (non-hydrogen) atoms. The number of hydrogen-bond donors (Lipinski definition) is 0. The van der Waals surface area contributed by atoms with Crippen LogP contribution < -0.4 is 4.90 Å². The molecule has 4 aliphatic carbocycles. The molecule has 0 N–H and O–H groups in total. The normalized spacial score (nSPS) is 14.9. The van der Waals surface area contributed by atoms with E-state index >= 15 is 0 Å². The summed E-state index contributed by atoms with van der Waals surface area (Å²) in [7, 11) is 0. The highest BCUT2D eigenvalue weighted by molar-refractivity contribution is 6.01. The lowest BCUT2D eigenvalue weighted by Gasteiger charge is -2.34. The van der Waals surface area contributed by atoms with Crippen molar-refractivity contribution in [3.05, 3.63) is 316 Å². The number of rotatable bonds is 6. The van der Waals surface area contributed by atoms with Crippen LogP contribution in [0.5, 0.6) is 0 Å². The smallest absolute Gasteiger partial charge is 0.0726 e. The van der Waals surface area contributed by atoms with Gasteiger partial charge in [-0.05, 0) is 142 Å². The minimum absolute atomic E-state index is 0.161. The molecule has 0 unspecified atom stereocenters. The van der Waals surface area contributed by atoms with Crippen molar-refractivity contribution in [3.8, 4) is 55.6 Å². The number of hydrogen-bond acceptors (Lipinski definition) is 1. The summed E-state index contributed by atoms with van der Waals surface area (Å²) in [6.45, 7) is 4.77. The fourth-order valence-electron chi connectivity index (χ4n) is 14.0. The topological polar surface area (TPSA) is 3.24 Å². The Morgan fingerprint density at radius 3 is 1.28 bits per heavy atom. The lowest BCUT2D eigenvalue weighted by molar-refractivity contribution is 0.660. The Hall–Kier alpha value is -8.78. The van der Waals surface area contributed by atoms with Gasteiger partial charge in [0.05, 0.1) is 16.5 Å². The molecule has 0 aliphatic heterocycles. The van der Waals surface area contributed by atoms with Crippen LogP contribution in [0.3, 0.4) is 0 Å². The Morgan fingerprint density at radius 1 is 0.264 bits per heavy atom. The van der Waals surface area contributed by atoms with Crippen LogP contribution in [-0.4, -0.2) is 0 Å². The lowest BCUT2D eigenvalue weighted by atomic mass is 9.67. The summed E-state index contributed by atoms with van der Waals surface area (Å²) < 4.78 is 0. The van der Waals surface area contributed by atoms with Crippen molar-refractivity contribution in [1.82, 2.24) is 0 Å². The fraction of sp³-hybridized carbons (Fsp3) is 0.0704. The maximum atomic E-state index is 2.54. The summed E-state index contributed by atoms with van der Waals surface area (Å²) in [5.41, 5.74) is 28.4. The van der Waals surface area contributed by atoms with Crippen LogP contribution in [0.1, 0.15) is 69.5 Å². The summed E-state index contributed by atoms with van der Waals surface area (Å²) in [5.74, 6) is 0. The summed E-state index contributed by atoms with van der Waals surface area (Å²) in [5, 5.41) is 0. The highest BCUT2D eigenvalue weighted by Crippen LogP contribution is 2.65. The van der Waals surface area contributed by atoms with Gasteiger partial charge in [0.2, 0.25) is 0 Å². The van der Waals surface area contributed by atoms with Gasteiger partial charge in [0.15, 0.2) is 0 Å². The number of benzene rings is 11. The van der Waals surface area contributed by atoms with Gasteiger partial charge < -0.3 is 4.90 Å². The van der Waals surface area contributed by atoms with E-state index in [1.165, 1.54) is 117 Å². The van der Waals surface area contributed by atoms with Crippen molar-refractivity contribution in [3.63, 3.8) is 0 Å². The number of fused-ring (bicyclic) bond motifs is 16. The average molecular weight is 916 g/mol. The van der Waals surface area contributed by atoms with E-state index in [2.05, 4.69) is 280 Å². The van der Waals surface area contributed by atoms with Gasteiger partial charge in [-0.1, -0.05) is 238 Å². The van der Waals surface area contributed by atoms with Crippen LogP contribution in [0, 0.1) is 0 Å². The zero-order valence-corrected chi connectivity index (χ0v) is 40.3. The van der Waals surface area contributed by atoms with E-state index < -0.39 is 10.8 Å². The monoisotopic (exact) mass is 915 g/mol. The molecule has 1 heteroatoms. The molecule has 4 aliphatic rings. The van der Waals surface area contributed by atoms with Crippen LogP contribution in [-0.2, 0) is 16.2 Å². The first-order valence-electron chi connectivity index (χ1n) is 25.4. The Balaban J connectivity index is 0.934. The molecule has 0 aromatic heterocycles. The molecule has 0 fully saturated rings. The minimum atomic E-state index is -0.468. The van der Waals surface area contributed by atoms with E-state index in [1.807, 2.05) is 0 Å². The van der Waals surface area contributed by atoms with E-state index in [0.717, 1.165) is 11.4 Å². The molecule has 11 aromatic rings. The van der Waals surface area contributed by atoms with Gasteiger partial charge in [-0.2, -0.15) is 0 Å². The van der Waals surface area contributed by atoms with E-state index in [9.17, 15) is 0 Å². The first-order valence-corrected chi connectivity index (χ1v) is 25.4. The third-order valence-corrected chi connectivity index (χ3v) is 17.0. The predicted molar refractivity (Wildman–Crippen MR) is 298 cm³/mol. The summed E-state index contributed by atoms with van der Waals surface area (Å²) in [6, 6.07) is 98.3. The van der Waals surface area contributed by atoms with Gasteiger partial charge in [-0.15, -0.1) is 0 Å². The minimum Gasteiger partial charge on any atom is -0.310 e. The molecule has 0 saturated heterocycles. The van der Waals surface area contributed by atoms with Crippen LogP contribution in [0.25, 0.3) is 55.6 Å². The zero-order valence-electron chi connectivity index (χ0n) is 40.3. The van der Waals surface area contributed by atoms with Gasteiger partial charge >= 0.3 is 0 Å². The molecule has 0 heterocycles. The summed E-state index contributed by atoms with van der Waals surface area (Å²) in [6.07, 6.45) is 0. The zero-order chi connectivity index (χ0) is 47.8. The third-order valence-electron chi connectivity index (χ3n) is 17.0. The molecule has 15 rings (SSSR count). The molecule has 0 radical (unpaired) electrons. The molecular weight excluding hydrogens is 867 g/mol. The molecule has 0 saturated carbocycles. The summed E-state index contributed by atoms with van der Waals surface area (Å²) >= 11 is 0. The predicted octanol–water partition coefficient (Wildman–Crippen LogP) is 17.8. The molecule has 338 valence electrons. The lowest BCUT2D eigenvalue weighted by Crippen LogP contribution is -2.28. The van der Waals surface area contributed by atoms with Crippen molar-refractivity contribution in [2.75, 3.05) is 4.90 Å². The SMILES string of the molecule is CC1(C)c2ccccc2-c2ccc(N(c3ccc(-c4ccc5c(c4)C(c4ccccc4)(c4ccccc4)c4ccccc4-5)cc3)c3cccc4c3-c3ccccc3C43c4ccccc4-c4ccccc43)cc21. The molecule has 0 amide bonds. The second kappa shape index (κ2) is 15.1. The first kappa shape index (κ1) is 41.0. The Labute approximate surface area is 422 Å². The molecule has 1 spiro atoms. The molecular formula is C71H49N. The Morgan fingerprint density at radius 2 is 0.681 bits per heavy atom. The van der Waals surface area contributed by atoms with Crippen molar-refractivity contribution in [1.29, 1.82) is 0 Å². The number of anilines is 3. The maximum Gasteiger partial charge on any atom is 0.0726 e. The average Bonchev–Trinajstić information content (AvgIpc) is 4.11. The quantitative estimate of drug-likeness (QED) is 0.161. The van der Waals surface area contributed by atoms with E-state index in [0.29, 0.717) is 0 Å². The maximum absolute atomic E-state index is 2.54. The van der Waals surface area contributed by atoms with Gasteiger partial charge in [0.1, 0.15) is 0 Å². The Bertz CT molecular complexity index is 3920. The van der Waals surface area contributed by atoms with Crippen LogP contribution in [0.2, 0.25) is 0 Å². The molecule has 0 bridgehead atoms. The highest BCUT2D eigenvalue weighted by Gasteiger charge is 2.52. The fourth-order valence-corrected chi connectivity index (χ4v) is 14.0. The van der Waals surface area contributed by atoms with Crippen LogP contribution in [0.15, 0.2) is 261 Å². The summed E-state index contributed by atoms with van der Waals surface area (Å²) in [4.78, 5) is 2.54. The molecule has 0 atom stereocenters. The third kappa shape index (κ3) is 5.32. The first-order chi connectivity index (χ1) is 35.5. The van der Waals surface area contributed by atoms with E-state index in [1.54, 1.807) is 0 Å². The number of nitrogens with zero attached hydrogens (tertiary/aromatic N) is 1. The second-order valence-corrected chi connectivity index (χ2v) is 20.7.